The molecule has 0 heterocycles. The third-order valence-corrected chi connectivity index (χ3v) is 14.7. The molecule has 0 radical (unpaired) electrons. The van der Waals surface area contributed by atoms with Crippen LogP contribution in [-0.4, -0.2) is 37.2 Å². The van der Waals surface area contributed by atoms with Crippen LogP contribution < -0.4 is 0 Å². The van der Waals surface area contributed by atoms with E-state index in [4.69, 9.17) is 14.2 Å². The highest BCUT2D eigenvalue weighted by Crippen LogP contribution is 2.16. The van der Waals surface area contributed by atoms with Gasteiger partial charge in [-0.05, 0) is 128 Å². The molecule has 464 valence electrons. The molecule has 6 heteroatoms. The van der Waals surface area contributed by atoms with Gasteiger partial charge in [-0.25, -0.2) is 0 Å². The van der Waals surface area contributed by atoms with Crippen LogP contribution in [0, 0.1) is 0 Å². The summed E-state index contributed by atoms with van der Waals surface area (Å²) in [5.41, 5.74) is 0. The van der Waals surface area contributed by atoms with Crippen molar-refractivity contribution in [2.45, 2.75) is 335 Å². The van der Waals surface area contributed by atoms with Crippen LogP contribution in [0.1, 0.15) is 329 Å². The summed E-state index contributed by atoms with van der Waals surface area (Å²) in [6.45, 7) is 6.51. The lowest BCUT2D eigenvalue weighted by Crippen LogP contribution is -2.30. The van der Waals surface area contributed by atoms with E-state index in [9.17, 15) is 14.4 Å². The van der Waals surface area contributed by atoms with E-state index >= 15 is 0 Å². The maximum absolute atomic E-state index is 12.9. The van der Waals surface area contributed by atoms with Crippen LogP contribution in [0.4, 0.5) is 0 Å². The molecule has 0 amide bonds. The molecule has 0 aliphatic heterocycles. The van der Waals surface area contributed by atoms with Crippen molar-refractivity contribution in [3.05, 3.63) is 109 Å². The molecular formula is C75H128O6. The summed E-state index contributed by atoms with van der Waals surface area (Å²) in [5.74, 6) is -0.908. The maximum atomic E-state index is 12.9. The molecule has 0 rings (SSSR count). The highest BCUT2D eigenvalue weighted by Gasteiger charge is 2.19. The van der Waals surface area contributed by atoms with Gasteiger partial charge in [-0.1, -0.05) is 291 Å². The van der Waals surface area contributed by atoms with Gasteiger partial charge in [-0.15, -0.1) is 0 Å². The lowest BCUT2D eigenvalue weighted by molar-refractivity contribution is -0.167. The first-order valence-corrected chi connectivity index (χ1v) is 34.4. The van der Waals surface area contributed by atoms with Crippen molar-refractivity contribution < 1.29 is 28.6 Å². The number of rotatable bonds is 62. The number of hydrogen-bond donors (Lipinski definition) is 0. The van der Waals surface area contributed by atoms with Gasteiger partial charge in [0.1, 0.15) is 13.2 Å². The van der Waals surface area contributed by atoms with E-state index in [2.05, 4.69) is 130 Å². The largest absolute Gasteiger partial charge is 0.462 e. The highest BCUT2D eigenvalue weighted by molar-refractivity contribution is 5.71. The Morgan fingerprint density at radius 1 is 0.259 bits per heavy atom. The Balaban J connectivity index is 4.37. The van der Waals surface area contributed by atoms with E-state index < -0.39 is 6.10 Å². The molecule has 0 aromatic carbocycles. The molecule has 0 spiro atoms. The van der Waals surface area contributed by atoms with Crippen LogP contribution in [0.2, 0.25) is 0 Å². The summed E-state index contributed by atoms with van der Waals surface area (Å²) >= 11 is 0. The van der Waals surface area contributed by atoms with E-state index in [1.165, 1.54) is 161 Å². The summed E-state index contributed by atoms with van der Waals surface area (Å²) in [6, 6.07) is 0. The molecular weight excluding hydrogens is 997 g/mol. The molecule has 0 aliphatic rings. The van der Waals surface area contributed by atoms with Gasteiger partial charge >= 0.3 is 17.9 Å². The molecule has 1 atom stereocenters. The van der Waals surface area contributed by atoms with E-state index in [0.717, 1.165) is 128 Å². The zero-order chi connectivity index (χ0) is 58.5. The Hall–Kier alpha value is -3.93. The average Bonchev–Trinajstić information content (AvgIpc) is 3.47. The normalized spacial score (nSPS) is 12.8. The predicted octanol–water partition coefficient (Wildman–Crippen LogP) is 23.8. The van der Waals surface area contributed by atoms with Crippen LogP contribution in [0.3, 0.4) is 0 Å². The van der Waals surface area contributed by atoms with Crippen molar-refractivity contribution in [2.75, 3.05) is 13.2 Å². The zero-order valence-electron chi connectivity index (χ0n) is 53.3. The van der Waals surface area contributed by atoms with Crippen molar-refractivity contribution >= 4 is 17.9 Å². The van der Waals surface area contributed by atoms with Gasteiger partial charge in [0.05, 0.1) is 0 Å². The predicted molar refractivity (Wildman–Crippen MR) is 353 cm³/mol. The average molecular weight is 1130 g/mol. The molecule has 0 N–H and O–H groups in total. The minimum atomic E-state index is -0.796. The van der Waals surface area contributed by atoms with Gasteiger partial charge in [0.25, 0.3) is 0 Å². The first-order chi connectivity index (χ1) is 40.0. The fraction of sp³-hybridized carbons (Fsp3) is 0.720. The van der Waals surface area contributed by atoms with E-state index in [1.54, 1.807) is 0 Å². The second-order valence-electron chi connectivity index (χ2n) is 22.7. The van der Waals surface area contributed by atoms with Gasteiger partial charge in [0.15, 0.2) is 6.10 Å². The number of carbonyl (C=O) groups is 3. The molecule has 0 fully saturated rings. The van der Waals surface area contributed by atoms with Crippen molar-refractivity contribution in [3.63, 3.8) is 0 Å². The van der Waals surface area contributed by atoms with Crippen molar-refractivity contribution in [3.8, 4) is 0 Å². The third kappa shape index (κ3) is 66.8. The maximum Gasteiger partial charge on any atom is 0.306 e. The van der Waals surface area contributed by atoms with Gasteiger partial charge < -0.3 is 14.2 Å². The van der Waals surface area contributed by atoms with Crippen molar-refractivity contribution in [1.82, 2.24) is 0 Å². The minimum Gasteiger partial charge on any atom is -0.462 e. The highest BCUT2D eigenvalue weighted by atomic mass is 16.6. The van der Waals surface area contributed by atoms with Gasteiger partial charge in [0.2, 0.25) is 0 Å². The smallest absolute Gasteiger partial charge is 0.306 e. The number of hydrogen-bond acceptors (Lipinski definition) is 6. The van der Waals surface area contributed by atoms with Crippen molar-refractivity contribution in [1.29, 1.82) is 0 Å². The Morgan fingerprint density at radius 2 is 0.481 bits per heavy atom. The van der Waals surface area contributed by atoms with Crippen LogP contribution >= 0.6 is 0 Å². The molecule has 0 saturated carbocycles. The number of allylic oxidation sites excluding steroid dienone is 18. The topological polar surface area (TPSA) is 78.9 Å². The molecule has 0 saturated heterocycles. The van der Waals surface area contributed by atoms with Gasteiger partial charge in [0, 0.05) is 19.3 Å². The molecule has 81 heavy (non-hydrogen) atoms. The van der Waals surface area contributed by atoms with E-state index in [-0.39, 0.29) is 31.1 Å². The van der Waals surface area contributed by atoms with Crippen molar-refractivity contribution in [2.24, 2.45) is 0 Å². The quantitative estimate of drug-likeness (QED) is 0.0261. The monoisotopic (exact) mass is 1120 g/mol. The summed E-state index contributed by atoms with van der Waals surface area (Å²) in [6.07, 6.45) is 93.9. The lowest BCUT2D eigenvalue weighted by Gasteiger charge is -2.18. The molecule has 0 aliphatic carbocycles. The molecule has 1 unspecified atom stereocenters. The second kappa shape index (κ2) is 68.6. The molecule has 0 bridgehead atoms. The number of esters is 3. The summed E-state index contributed by atoms with van der Waals surface area (Å²) in [5, 5.41) is 0. The SMILES string of the molecule is CC/C=C\C/C=C\C/C=C\C/C=C\C/C=C\CCCCCCCC(=O)OC(COC(=O)CCCCCCC/C=C\CCCCCCCC)COC(=O)CCCCCCCCCCCCCC/C=C\C/C=C\C/C=C\CCCCCCC. The summed E-state index contributed by atoms with van der Waals surface area (Å²) in [4.78, 5) is 38.4. The van der Waals surface area contributed by atoms with Gasteiger partial charge in [-0.2, -0.15) is 0 Å². The van der Waals surface area contributed by atoms with Crippen LogP contribution in [0.5, 0.6) is 0 Å². The number of carbonyl (C=O) groups excluding carboxylic acids is 3. The van der Waals surface area contributed by atoms with Gasteiger partial charge in [-0.3, -0.25) is 14.4 Å². The molecule has 0 aromatic rings. The minimum absolute atomic E-state index is 0.0895. The summed E-state index contributed by atoms with van der Waals surface area (Å²) < 4.78 is 17.0. The zero-order valence-corrected chi connectivity index (χ0v) is 53.3. The van der Waals surface area contributed by atoms with E-state index in [0.29, 0.717) is 19.3 Å². The van der Waals surface area contributed by atoms with Crippen LogP contribution in [0.25, 0.3) is 0 Å². The molecule has 0 aromatic heterocycles. The fourth-order valence-electron chi connectivity index (χ4n) is 9.59. The Morgan fingerprint density at radius 3 is 0.765 bits per heavy atom. The first-order valence-electron chi connectivity index (χ1n) is 34.4. The first kappa shape index (κ1) is 77.1. The number of unbranched alkanes of at least 4 members (excludes halogenated alkanes) is 33. The van der Waals surface area contributed by atoms with Crippen LogP contribution in [-0.2, 0) is 28.6 Å². The Kier molecular flexibility index (Phi) is 65.2. The Labute approximate surface area is 501 Å². The lowest BCUT2D eigenvalue weighted by atomic mass is 10.0. The molecule has 6 nitrogen and oxygen atoms in total. The second-order valence-corrected chi connectivity index (χ2v) is 22.7. The standard InChI is InChI=1S/C75H128O6/c1-4-7-10-13-16-19-22-25-28-30-32-34-35-36-37-38-39-41-42-44-47-50-53-56-59-62-65-68-74(77)80-71-72(70-79-73(76)67-64-61-58-55-52-49-46-27-24-21-18-15-12-9-6-3)81-75(78)69-66-63-60-57-54-51-48-45-43-40-33-31-29-26-23-20-17-14-11-8-5-2/h8,11,17,20,22,25-27,29-30,32-33,35-36,40,45-46,48,72H,4-7,9-10,12-16,18-19,21,23-24,28,31,34,37-39,41-44,47,49-71H2,1-3H3/b11-8-,20-17-,25-22-,29-26-,32-30-,36-35-,40-33-,46-27-,48-45-. The summed E-state index contributed by atoms with van der Waals surface area (Å²) in [7, 11) is 0. The fourth-order valence-corrected chi connectivity index (χ4v) is 9.59. The van der Waals surface area contributed by atoms with E-state index in [1.807, 2.05) is 0 Å². The van der Waals surface area contributed by atoms with Crippen LogP contribution in [0.15, 0.2) is 109 Å². The number of ether oxygens (including phenoxy) is 3. The third-order valence-electron chi connectivity index (χ3n) is 14.7. The Bertz CT molecular complexity index is 1620.